The fourth-order valence-electron chi connectivity index (χ4n) is 3.55. The van der Waals surface area contributed by atoms with Crippen LogP contribution in [-0.2, 0) is 4.79 Å². The van der Waals surface area contributed by atoms with Crippen molar-refractivity contribution in [1.82, 2.24) is 0 Å². The van der Waals surface area contributed by atoms with E-state index in [0.717, 1.165) is 6.42 Å². The minimum atomic E-state index is -0.102. The number of rotatable bonds is 10. The Morgan fingerprint density at radius 1 is 0.964 bits per heavy atom. The van der Waals surface area contributed by atoms with Crippen LogP contribution in [0.2, 0.25) is 0 Å². The molecule has 0 spiro atoms. The average molecular weight is 391 g/mol. The molecule has 0 saturated carbocycles. The molecule has 0 fully saturated rings. The van der Waals surface area contributed by atoms with E-state index in [1.807, 2.05) is 26.0 Å². The lowest BCUT2D eigenvalue weighted by Gasteiger charge is -2.30. The van der Waals surface area contributed by atoms with E-state index in [-0.39, 0.29) is 17.3 Å². The lowest BCUT2D eigenvalue weighted by molar-refractivity contribution is -0.143. The molecule has 1 aromatic carbocycles. The first-order valence-corrected chi connectivity index (χ1v) is 11.5. The van der Waals surface area contributed by atoms with Crippen LogP contribution in [0.5, 0.6) is 5.75 Å². The molecule has 0 aliphatic carbocycles. The van der Waals surface area contributed by atoms with E-state index >= 15 is 0 Å². The number of ether oxygens (including phenoxy) is 1. The highest BCUT2D eigenvalue weighted by Gasteiger charge is 2.33. The molecule has 0 amide bonds. The normalized spacial score (nSPS) is 13.5. The fourth-order valence-corrected chi connectivity index (χ4v) is 3.55. The molecule has 0 bridgehead atoms. The molecule has 1 rings (SSSR count). The first-order valence-electron chi connectivity index (χ1n) is 11.5. The Bertz CT molecular complexity index is 522. The molecular weight excluding hydrogens is 344 g/mol. The summed E-state index contributed by atoms with van der Waals surface area (Å²) in [6.45, 7) is 19.2. The predicted molar refractivity (Wildman–Crippen MR) is 123 cm³/mol. The van der Waals surface area contributed by atoms with Crippen LogP contribution < -0.4 is 4.74 Å². The van der Waals surface area contributed by atoms with Gasteiger partial charge in [-0.25, -0.2) is 0 Å². The van der Waals surface area contributed by atoms with Crippen LogP contribution in [0.3, 0.4) is 0 Å². The van der Waals surface area contributed by atoms with Crippen molar-refractivity contribution >= 4 is 5.97 Å². The smallest absolute Gasteiger partial charge is 0.314 e. The van der Waals surface area contributed by atoms with Gasteiger partial charge in [0.1, 0.15) is 5.75 Å². The highest BCUT2D eigenvalue weighted by Crippen LogP contribution is 2.33. The number of benzene rings is 1. The maximum Gasteiger partial charge on any atom is 0.314 e. The zero-order chi connectivity index (χ0) is 21.7. The summed E-state index contributed by atoms with van der Waals surface area (Å²) < 4.78 is 5.74. The maximum atomic E-state index is 12.7. The first-order chi connectivity index (χ1) is 13.2. The molecule has 2 atom stereocenters. The van der Waals surface area contributed by atoms with Crippen molar-refractivity contribution in [3.8, 4) is 5.75 Å². The van der Waals surface area contributed by atoms with E-state index in [1.54, 1.807) is 0 Å². The second kappa shape index (κ2) is 13.8. The Hall–Kier alpha value is -1.31. The lowest BCUT2D eigenvalue weighted by atomic mass is 9.76. The third-order valence-corrected chi connectivity index (χ3v) is 5.15. The monoisotopic (exact) mass is 390 g/mol. The van der Waals surface area contributed by atoms with Crippen LogP contribution in [0.25, 0.3) is 0 Å². The molecule has 2 nitrogen and oxygen atoms in total. The van der Waals surface area contributed by atoms with Crippen molar-refractivity contribution in [2.45, 2.75) is 107 Å². The molecule has 1 aromatic rings. The fraction of sp³-hybridized carbons (Fsp3) is 0.731. The molecular formula is C26H46O2. The van der Waals surface area contributed by atoms with Gasteiger partial charge in [-0.1, -0.05) is 93.7 Å². The molecule has 162 valence electrons. The van der Waals surface area contributed by atoms with Crippen molar-refractivity contribution in [2.24, 2.45) is 17.3 Å². The van der Waals surface area contributed by atoms with Gasteiger partial charge in [-0.05, 0) is 54.2 Å². The molecule has 0 saturated heterocycles. The third-order valence-electron chi connectivity index (χ3n) is 5.15. The number of esters is 1. The van der Waals surface area contributed by atoms with Crippen molar-refractivity contribution in [2.75, 3.05) is 0 Å². The average Bonchev–Trinajstić information content (AvgIpc) is 2.64. The second-order valence-electron chi connectivity index (χ2n) is 9.17. The highest BCUT2D eigenvalue weighted by molar-refractivity contribution is 5.76. The van der Waals surface area contributed by atoms with Crippen molar-refractivity contribution in [3.05, 3.63) is 29.8 Å². The molecule has 2 heteroatoms. The van der Waals surface area contributed by atoms with Crippen LogP contribution >= 0.6 is 0 Å². The Labute approximate surface area is 175 Å². The number of carbonyl (C=O) groups excluding carboxylic acids is 1. The van der Waals surface area contributed by atoms with Gasteiger partial charge in [-0.15, -0.1) is 0 Å². The zero-order valence-electron chi connectivity index (χ0n) is 20.1. The van der Waals surface area contributed by atoms with Gasteiger partial charge in [-0.2, -0.15) is 0 Å². The molecule has 0 aromatic heterocycles. The van der Waals surface area contributed by atoms with Crippen LogP contribution in [0, 0.1) is 17.3 Å². The van der Waals surface area contributed by atoms with Gasteiger partial charge in [0.05, 0.1) is 5.92 Å². The molecule has 0 aliphatic rings. The molecule has 0 heterocycles. The summed E-state index contributed by atoms with van der Waals surface area (Å²) in [5.41, 5.74) is 1.28. The second-order valence-corrected chi connectivity index (χ2v) is 9.17. The first kappa shape index (κ1) is 26.7. The third kappa shape index (κ3) is 9.75. The van der Waals surface area contributed by atoms with E-state index in [1.165, 1.54) is 37.7 Å². The Kier molecular flexibility index (Phi) is 13.2. The quantitative estimate of drug-likeness (QED) is 0.296. The SMILES string of the molecule is CC.CCCCC(CCC)c1ccc(OC(=O)C(CC(C)C)C(C)(C)C)cc1. The van der Waals surface area contributed by atoms with Crippen molar-refractivity contribution < 1.29 is 9.53 Å². The summed E-state index contributed by atoms with van der Waals surface area (Å²) in [5, 5.41) is 0. The molecule has 2 unspecified atom stereocenters. The highest BCUT2D eigenvalue weighted by atomic mass is 16.5. The number of hydrogen-bond donors (Lipinski definition) is 0. The Morgan fingerprint density at radius 2 is 1.54 bits per heavy atom. The Morgan fingerprint density at radius 3 is 1.96 bits per heavy atom. The topological polar surface area (TPSA) is 26.3 Å². The number of hydrogen-bond acceptors (Lipinski definition) is 2. The van der Waals surface area contributed by atoms with E-state index in [9.17, 15) is 4.79 Å². The minimum Gasteiger partial charge on any atom is -0.426 e. The number of carbonyl (C=O) groups is 1. The van der Waals surface area contributed by atoms with Gasteiger partial charge in [0.2, 0.25) is 0 Å². The van der Waals surface area contributed by atoms with Gasteiger partial charge in [0.15, 0.2) is 0 Å². The summed E-state index contributed by atoms with van der Waals surface area (Å²) in [5.74, 6) is 1.58. The summed E-state index contributed by atoms with van der Waals surface area (Å²) in [6, 6.07) is 8.23. The lowest BCUT2D eigenvalue weighted by Crippen LogP contribution is -2.33. The van der Waals surface area contributed by atoms with E-state index < -0.39 is 0 Å². The van der Waals surface area contributed by atoms with E-state index in [4.69, 9.17) is 4.74 Å². The summed E-state index contributed by atoms with van der Waals surface area (Å²) in [6.07, 6.45) is 7.02. The predicted octanol–water partition coefficient (Wildman–Crippen LogP) is 8.40. The van der Waals surface area contributed by atoms with Crippen LogP contribution in [0.4, 0.5) is 0 Å². The zero-order valence-corrected chi connectivity index (χ0v) is 20.1. The van der Waals surface area contributed by atoms with Gasteiger partial charge in [-0.3, -0.25) is 4.79 Å². The molecule has 0 N–H and O–H groups in total. The van der Waals surface area contributed by atoms with Crippen LogP contribution in [0.15, 0.2) is 24.3 Å². The van der Waals surface area contributed by atoms with Crippen molar-refractivity contribution in [3.63, 3.8) is 0 Å². The van der Waals surface area contributed by atoms with E-state index in [2.05, 4.69) is 60.6 Å². The van der Waals surface area contributed by atoms with Gasteiger partial charge >= 0.3 is 5.97 Å². The largest absolute Gasteiger partial charge is 0.426 e. The van der Waals surface area contributed by atoms with Crippen LogP contribution in [-0.4, -0.2) is 5.97 Å². The standard InChI is InChI=1S/C24H40O2.C2H6/c1-8-10-12-19(11-9-2)20-13-15-21(16-14-20)26-23(25)22(17-18(3)4)24(5,6)7;1-2/h13-16,18-19,22H,8-12,17H2,1-7H3;1-2H3. The molecule has 0 radical (unpaired) electrons. The van der Waals surface area contributed by atoms with Crippen LogP contribution in [0.1, 0.15) is 112 Å². The summed E-state index contributed by atoms with van der Waals surface area (Å²) >= 11 is 0. The van der Waals surface area contributed by atoms with Gasteiger partial charge < -0.3 is 4.74 Å². The number of unbranched alkanes of at least 4 members (excludes halogenated alkanes) is 1. The van der Waals surface area contributed by atoms with Gasteiger partial charge in [0.25, 0.3) is 0 Å². The maximum absolute atomic E-state index is 12.7. The minimum absolute atomic E-state index is 0.0837. The Balaban J connectivity index is 0.00000352. The molecule has 28 heavy (non-hydrogen) atoms. The summed E-state index contributed by atoms with van der Waals surface area (Å²) in [4.78, 5) is 12.7. The van der Waals surface area contributed by atoms with Gasteiger partial charge in [0, 0.05) is 0 Å². The summed E-state index contributed by atoms with van der Waals surface area (Å²) in [7, 11) is 0. The van der Waals surface area contributed by atoms with E-state index in [0.29, 0.717) is 17.6 Å². The van der Waals surface area contributed by atoms with Crippen molar-refractivity contribution in [1.29, 1.82) is 0 Å². The molecule has 0 aliphatic heterocycles.